The van der Waals surface area contributed by atoms with Gasteiger partial charge >= 0.3 is 0 Å². The number of methoxy groups -OCH3 is 1. The Hall–Kier alpha value is -3.74. The van der Waals surface area contributed by atoms with Gasteiger partial charge in [-0.05, 0) is 42.5 Å². The third-order valence-corrected chi connectivity index (χ3v) is 3.89. The zero-order chi connectivity index (χ0) is 17.9. The van der Waals surface area contributed by atoms with Crippen LogP contribution in [-0.2, 0) is 0 Å². The molecule has 3 aromatic heterocycles. The smallest absolute Gasteiger partial charge is 0.274 e. The molecule has 0 radical (unpaired) electrons. The highest BCUT2D eigenvalue weighted by molar-refractivity contribution is 6.03. The first-order valence-electron chi connectivity index (χ1n) is 7.96. The molecule has 0 bridgehead atoms. The lowest BCUT2D eigenvalue weighted by molar-refractivity contribution is 0.102. The second kappa shape index (κ2) is 6.64. The van der Waals surface area contributed by atoms with E-state index in [9.17, 15) is 4.79 Å². The Morgan fingerprint density at radius 2 is 2.04 bits per heavy atom. The number of pyridine rings is 2. The molecule has 7 nitrogen and oxygen atoms in total. The molecule has 128 valence electrons. The highest BCUT2D eigenvalue weighted by Crippen LogP contribution is 2.23. The maximum atomic E-state index is 12.5. The second-order valence-corrected chi connectivity index (χ2v) is 5.60. The Morgan fingerprint density at radius 3 is 2.92 bits per heavy atom. The number of nitrogens with zero attached hydrogens (tertiary/aromatic N) is 3. The summed E-state index contributed by atoms with van der Waals surface area (Å²) in [5.41, 5.74) is 2.42. The minimum Gasteiger partial charge on any atom is -0.497 e. The molecule has 26 heavy (non-hydrogen) atoms. The van der Waals surface area contributed by atoms with Crippen molar-refractivity contribution >= 4 is 22.8 Å². The lowest BCUT2D eigenvalue weighted by Crippen LogP contribution is -2.13. The van der Waals surface area contributed by atoms with Crippen molar-refractivity contribution in [3.05, 3.63) is 66.5 Å². The average molecular weight is 345 g/mol. The molecular weight excluding hydrogens is 330 g/mol. The molecule has 0 saturated heterocycles. The summed E-state index contributed by atoms with van der Waals surface area (Å²) in [4.78, 5) is 21.0. The number of amides is 1. The molecule has 0 aliphatic rings. The number of nitrogens with one attached hydrogen (secondary N) is 2. The number of benzene rings is 1. The van der Waals surface area contributed by atoms with Crippen LogP contribution in [0.3, 0.4) is 0 Å². The Balaban J connectivity index is 1.55. The van der Waals surface area contributed by atoms with Gasteiger partial charge in [0.2, 0.25) is 0 Å². The minimum atomic E-state index is -0.325. The van der Waals surface area contributed by atoms with Gasteiger partial charge in [0.05, 0.1) is 12.8 Å². The predicted octanol–water partition coefficient (Wildman–Crippen LogP) is 3.28. The largest absolute Gasteiger partial charge is 0.497 e. The molecule has 1 amide bonds. The minimum absolute atomic E-state index is 0.325. The van der Waals surface area contributed by atoms with E-state index in [4.69, 9.17) is 4.74 Å². The lowest BCUT2D eigenvalue weighted by Gasteiger charge is -2.03. The van der Waals surface area contributed by atoms with Crippen molar-refractivity contribution in [1.82, 2.24) is 20.2 Å². The van der Waals surface area contributed by atoms with Crippen LogP contribution in [0, 0.1) is 0 Å². The summed E-state index contributed by atoms with van der Waals surface area (Å²) in [6.07, 6.45) is 1.66. The molecule has 4 aromatic rings. The van der Waals surface area contributed by atoms with E-state index in [-0.39, 0.29) is 5.91 Å². The molecular formula is C19H15N5O2. The summed E-state index contributed by atoms with van der Waals surface area (Å²) < 4.78 is 5.21. The van der Waals surface area contributed by atoms with Gasteiger partial charge in [0.1, 0.15) is 17.3 Å². The van der Waals surface area contributed by atoms with Gasteiger partial charge < -0.3 is 10.1 Å². The zero-order valence-electron chi connectivity index (χ0n) is 13.9. The van der Waals surface area contributed by atoms with Crippen LogP contribution in [0.15, 0.2) is 60.8 Å². The number of hydrogen-bond acceptors (Lipinski definition) is 5. The Labute approximate surface area is 149 Å². The first-order valence-corrected chi connectivity index (χ1v) is 7.96. The molecule has 2 N–H and O–H groups in total. The highest BCUT2D eigenvalue weighted by Gasteiger charge is 2.12. The van der Waals surface area contributed by atoms with Gasteiger partial charge in [-0.25, -0.2) is 9.97 Å². The number of carbonyl (C=O) groups is 1. The maximum absolute atomic E-state index is 12.5. The number of rotatable bonds is 4. The number of carbonyl (C=O) groups excluding carboxylic acids is 1. The summed E-state index contributed by atoms with van der Waals surface area (Å²) in [5.74, 6) is 0.831. The lowest BCUT2D eigenvalue weighted by atomic mass is 10.1. The van der Waals surface area contributed by atoms with E-state index in [0.29, 0.717) is 22.9 Å². The SMILES string of the molecule is COc1cccc(-c2cc(C(=O)Nc3ccc4cccnc4n3)[nH]n2)c1. The van der Waals surface area contributed by atoms with Crippen LogP contribution in [-0.4, -0.2) is 33.2 Å². The van der Waals surface area contributed by atoms with Gasteiger partial charge in [-0.3, -0.25) is 9.89 Å². The summed E-state index contributed by atoms with van der Waals surface area (Å²) in [6, 6.07) is 16.5. The molecule has 7 heteroatoms. The van der Waals surface area contributed by atoms with Crippen molar-refractivity contribution in [3.8, 4) is 17.0 Å². The number of aromatic nitrogens is 4. The van der Waals surface area contributed by atoms with Gasteiger partial charge in [-0.2, -0.15) is 5.10 Å². The van der Waals surface area contributed by atoms with Crippen LogP contribution in [0.5, 0.6) is 5.75 Å². The van der Waals surface area contributed by atoms with Crippen molar-refractivity contribution in [1.29, 1.82) is 0 Å². The third kappa shape index (κ3) is 3.10. The first-order chi connectivity index (χ1) is 12.7. The van der Waals surface area contributed by atoms with Crippen LogP contribution in [0.4, 0.5) is 5.82 Å². The van der Waals surface area contributed by atoms with E-state index < -0.39 is 0 Å². The van der Waals surface area contributed by atoms with Gasteiger partial charge in [0, 0.05) is 17.1 Å². The molecule has 4 rings (SSSR count). The topological polar surface area (TPSA) is 92.8 Å². The monoisotopic (exact) mass is 345 g/mol. The summed E-state index contributed by atoms with van der Waals surface area (Å²) >= 11 is 0. The quantitative estimate of drug-likeness (QED) is 0.592. The van der Waals surface area contributed by atoms with Crippen molar-refractivity contribution in [2.75, 3.05) is 12.4 Å². The molecule has 0 fully saturated rings. The van der Waals surface area contributed by atoms with Crippen molar-refractivity contribution < 1.29 is 9.53 Å². The van der Waals surface area contributed by atoms with Crippen molar-refractivity contribution in [2.24, 2.45) is 0 Å². The molecule has 0 atom stereocenters. The first kappa shape index (κ1) is 15.8. The molecule has 0 aliphatic heterocycles. The summed E-state index contributed by atoms with van der Waals surface area (Å²) in [6.45, 7) is 0. The number of ether oxygens (including phenoxy) is 1. The molecule has 1 aromatic carbocycles. The van der Waals surface area contributed by atoms with E-state index in [2.05, 4.69) is 25.5 Å². The molecule has 0 spiro atoms. The van der Waals surface area contributed by atoms with Crippen LogP contribution >= 0.6 is 0 Å². The second-order valence-electron chi connectivity index (χ2n) is 5.60. The van der Waals surface area contributed by atoms with Gasteiger partial charge in [0.15, 0.2) is 5.65 Å². The summed E-state index contributed by atoms with van der Waals surface area (Å²) in [5, 5.41) is 10.6. The standard InChI is InChI=1S/C19H15N5O2/c1-26-14-6-2-4-13(10-14)15-11-16(24-23-15)19(25)22-17-8-7-12-5-3-9-20-18(12)21-17/h2-11H,1H3,(H,23,24)(H,20,21,22,25). The summed E-state index contributed by atoms with van der Waals surface area (Å²) in [7, 11) is 1.61. The molecule has 0 saturated carbocycles. The van der Waals surface area contributed by atoms with Gasteiger partial charge in [-0.1, -0.05) is 12.1 Å². The van der Waals surface area contributed by atoms with E-state index in [1.54, 1.807) is 25.4 Å². The van der Waals surface area contributed by atoms with Crippen LogP contribution in [0.2, 0.25) is 0 Å². The number of hydrogen-bond donors (Lipinski definition) is 2. The van der Waals surface area contributed by atoms with Crippen molar-refractivity contribution in [3.63, 3.8) is 0 Å². The molecule has 0 unspecified atom stereocenters. The molecule has 3 heterocycles. The van der Waals surface area contributed by atoms with E-state index in [1.165, 1.54) is 0 Å². The fourth-order valence-electron chi connectivity index (χ4n) is 2.57. The van der Waals surface area contributed by atoms with Crippen LogP contribution < -0.4 is 10.1 Å². The fourth-order valence-corrected chi connectivity index (χ4v) is 2.57. The van der Waals surface area contributed by atoms with Crippen molar-refractivity contribution in [2.45, 2.75) is 0 Å². The molecule has 0 aliphatic carbocycles. The van der Waals surface area contributed by atoms with E-state index in [1.807, 2.05) is 42.5 Å². The predicted molar refractivity (Wildman–Crippen MR) is 98.1 cm³/mol. The number of H-pyrrole nitrogens is 1. The van der Waals surface area contributed by atoms with E-state index in [0.717, 1.165) is 16.7 Å². The normalized spacial score (nSPS) is 10.7. The zero-order valence-corrected chi connectivity index (χ0v) is 13.9. The van der Waals surface area contributed by atoms with Crippen LogP contribution in [0.1, 0.15) is 10.5 Å². The number of fused-ring (bicyclic) bond motifs is 1. The third-order valence-electron chi connectivity index (χ3n) is 3.89. The average Bonchev–Trinajstić information content (AvgIpc) is 3.18. The van der Waals surface area contributed by atoms with E-state index >= 15 is 0 Å². The van der Waals surface area contributed by atoms with Gasteiger partial charge in [0.25, 0.3) is 5.91 Å². The fraction of sp³-hybridized carbons (Fsp3) is 0.0526. The Morgan fingerprint density at radius 1 is 1.12 bits per heavy atom. The number of aromatic amines is 1. The number of anilines is 1. The van der Waals surface area contributed by atoms with Gasteiger partial charge in [-0.15, -0.1) is 0 Å². The Kier molecular flexibility index (Phi) is 4.03. The highest BCUT2D eigenvalue weighted by atomic mass is 16.5. The maximum Gasteiger partial charge on any atom is 0.274 e. The van der Waals surface area contributed by atoms with Crippen LogP contribution in [0.25, 0.3) is 22.3 Å². The Bertz CT molecular complexity index is 1090.